The molecule has 8 nitrogen and oxygen atoms in total. The van der Waals surface area contributed by atoms with Crippen molar-refractivity contribution in [2.75, 3.05) is 13.2 Å². The van der Waals surface area contributed by atoms with Gasteiger partial charge in [0, 0.05) is 23.4 Å². The van der Waals surface area contributed by atoms with Crippen molar-refractivity contribution in [1.82, 2.24) is 5.32 Å². The highest BCUT2D eigenvalue weighted by Crippen LogP contribution is 2.43. The number of hydrogen-bond acceptors (Lipinski definition) is 7. The van der Waals surface area contributed by atoms with E-state index in [1.54, 1.807) is 45.0 Å². The van der Waals surface area contributed by atoms with Crippen molar-refractivity contribution in [1.29, 1.82) is 0 Å². The maximum atomic E-state index is 13.3. The minimum Gasteiger partial charge on any atom is -0.463 e. The Bertz CT molecular complexity index is 1220. The molecule has 10 heteroatoms. The third-order valence-electron chi connectivity index (χ3n) is 5.18. The zero-order valence-electron chi connectivity index (χ0n) is 18.7. The van der Waals surface area contributed by atoms with Gasteiger partial charge in [-0.2, -0.15) is 0 Å². The summed E-state index contributed by atoms with van der Waals surface area (Å²) >= 11 is 12.3. The number of nitrogens with zero attached hydrogens (tertiary/aromatic N) is 1. The Kier molecular flexibility index (Phi) is 7.96. The molecule has 1 unspecified atom stereocenters. The molecule has 0 amide bonds. The van der Waals surface area contributed by atoms with Crippen LogP contribution < -0.4 is 5.32 Å². The van der Waals surface area contributed by atoms with Crippen LogP contribution in [0.5, 0.6) is 0 Å². The van der Waals surface area contributed by atoms with E-state index in [0.29, 0.717) is 27.5 Å². The molecule has 1 atom stereocenters. The van der Waals surface area contributed by atoms with Crippen molar-refractivity contribution < 1.29 is 24.0 Å². The average molecular weight is 505 g/mol. The van der Waals surface area contributed by atoms with Gasteiger partial charge in [0.1, 0.15) is 0 Å². The Hall–Kier alpha value is -3.36. The van der Waals surface area contributed by atoms with Crippen molar-refractivity contribution in [2.24, 2.45) is 0 Å². The lowest BCUT2D eigenvalue weighted by atomic mass is 9.79. The van der Waals surface area contributed by atoms with Crippen LogP contribution in [0.4, 0.5) is 5.69 Å². The molecule has 0 saturated carbocycles. The fraction of sp³-hybridized carbons (Fsp3) is 0.250. The first kappa shape index (κ1) is 25.3. The van der Waals surface area contributed by atoms with Gasteiger partial charge in [0.15, 0.2) is 0 Å². The molecule has 2 aromatic rings. The summed E-state index contributed by atoms with van der Waals surface area (Å²) in [5.74, 6) is -2.34. The lowest BCUT2D eigenvalue weighted by molar-refractivity contribution is -0.384. The zero-order chi connectivity index (χ0) is 25.0. The van der Waals surface area contributed by atoms with Gasteiger partial charge >= 0.3 is 11.9 Å². The Morgan fingerprint density at radius 3 is 2.24 bits per heavy atom. The van der Waals surface area contributed by atoms with E-state index in [9.17, 15) is 19.7 Å². The number of carbonyl (C=O) groups excluding carboxylic acids is 2. The predicted octanol–water partition coefficient (Wildman–Crippen LogP) is 5.40. The summed E-state index contributed by atoms with van der Waals surface area (Å²) in [5, 5.41) is 15.2. The fourth-order valence-electron chi connectivity index (χ4n) is 3.77. The van der Waals surface area contributed by atoms with Crippen LogP contribution >= 0.6 is 23.2 Å². The summed E-state index contributed by atoms with van der Waals surface area (Å²) in [6, 6.07) is 10.6. The molecule has 1 aliphatic rings. The van der Waals surface area contributed by atoms with Crippen LogP contribution in [0.2, 0.25) is 10.0 Å². The van der Waals surface area contributed by atoms with E-state index in [0.717, 1.165) is 0 Å². The number of rotatable bonds is 7. The first-order valence-electron chi connectivity index (χ1n) is 10.5. The van der Waals surface area contributed by atoms with E-state index < -0.39 is 22.8 Å². The standard InChI is InChI=1S/C24H22Cl2N2O6/c1-4-33-23(29)19-13(3)27-22(15-9-10-17(25)18(26)12-15)21(24(30)34-5-2)20(19)14-7-6-8-16(11-14)28(31)32/h6-12,20,27H,4-5H2,1-3H3. The van der Waals surface area contributed by atoms with Crippen molar-refractivity contribution in [3.63, 3.8) is 0 Å². The molecule has 0 radical (unpaired) electrons. The Labute approximate surface area is 206 Å². The number of allylic oxidation sites excluding steroid dienone is 1. The monoisotopic (exact) mass is 504 g/mol. The van der Waals surface area contributed by atoms with Gasteiger partial charge in [0.05, 0.1) is 50.9 Å². The second-order valence-electron chi connectivity index (χ2n) is 7.31. The molecule has 0 saturated heterocycles. The largest absolute Gasteiger partial charge is 0.463 e. The first-order chi connectivity index (χ1) is 16.2. The van der Waals surface area contributed by atoms with Crippen LogP contribution in [0.25, 0.3) is 5.70 Å². The van der Waals surface area contributed by atoms with Gasteiger partial charge in [-0.05, 0) is 38.5 Å². The van der Waals surface area contributed by atoms with E-state index in [1.165, 1.54) is 18.2 Å². The van der Waals surface area contributed by atoms with Gasteiger partial charge < -0.3 is 14.8 Å². The van der Waals surface area contributed by atoms with Crippen LogP contribution in [0.3, 0.4) is 0 Å². The lowest BCUT2D eigenvalue weighted by Gasteiger charge is -2.31. The quantitative estimate of drug-likeness (QED) is 0.305. The second-order valence-corrected chi connectivity index (χ2v) is 8.12. The third-order valence-corrected chi connectivity index (χ3v) is 5.92. The number of nitrogens with one attached hydrogen (secondary N) is 1. The van der Waals surface area contributed by atoms with Gasteiger partial charge in [-0.3, -0.25) is 10.1 Å². The highest BCUT2D eigenvalue weighted by atomic mass is 35.5. The number of esters is 2. The number of halogens is 2. The maximum absolute atomic E-state index is 13.3. The number of carbonyl (C=O) groups is 2. The highest BCUT2D eigenvalue weighted by molar-refractivity contribution is 6.42. The van der Waals surface area contributed by atoms with Crippen molar-refractivity contribution >= 4 is 46.5 Å². The molecule has 0 aromatic heterocycles. The molecular weight excluding hydrogens is 483 g/mol. The topological polar surface area (TPSA) is 108 Å². The Morgan fingerprint density at radius 1 is 1.00 bits per heavy atom. The number of dihydropyridines is 1. The number of nitro benzene ring substituents is 1. The summed E-state index contributed by atoms with van der Waals surface area (Å²) in [4.78, 5) is 37.2. The number of nitro groups is 1. The molecule has 3 rings (SSSR count). The number of hydrogen-bond donors (Lipinski definition) is 1. The number of ether oxygens (including phenoxy) is 2. The normalized spacial score (nSPS) is 15.6. The predicted molar refractivity (Wildman–Crippen MR) is 128 cm³/mol. The van der Waals surface area contributed by atoms with Gasteiger partial charge in [-0.1, -0.05) is 41.4 Å². The summed E-state index contributed by atoms with van der Waals surface area (Å²) < 4.78 is 10.6. The van der Waals surface area contributed by atoms with Crippen molar-refractivity contribution in [2.45, 2.75) is 26.7 Å². The molecule has 0 fully saturated rings. The molecule has 178 valence electrons. The van der Waals surface area contributed by atoms with Crippen LogP contribution in [0, 0.1) is 10.1 Å². The molecule has 1 N–H and O–H groups in total. The summed E-state index contributed by atoms with van der Waals surface area (Å²) in [5.41, 5.74) is 1.71. The molecule has 34 heavy (non-hydrogen) atoms. The Balaban J connectivity index is 2.35. The minimum atomic E-state index is -0.997. The molecule has 2 aromatic carbocycles. The van der Waals surface area contributed by atoms with Gasteiger partial charge in [0.2, 0.25) is 0 Å². The molecule has 0 bridgehead atoms. The van der Waals surface area contributed by atoms with Crippen molar-refractivity contribution in [3.8, 4) is 0 Å². The van der Waals surface area contributed by atoms with Gasteiger partial charge in [-0.15, -0.1) is 0 Å². The smallest absolute Gasteiger partial charge is 0.337 e. The summed E-state index contributed by atoms with van der Waals surface area (Å²) in [6.45, 7) is 5.17. The van der Waals surface area contributed by atoms with E-state index in [1.807, 2.05) is 0 Å². The highest BCUT2D eigenvalue weighted by Gasteiger charge is 2.39. The van der Waals surface area contributed by atoms with Crippen LogP contribution in [-0.2, 0) is 19.1 Å². The molecule has 0 spiro atoms. The van der Waals surface area contributed by atoms with E-state index in [-0.39, 0.29) is 35.1 Å². The first-order valence-corrected chi connectivity index (χ1v) is 11.2. The average Bonchev–Trinajstić information content (AvgIpc) is 2.80. The number of benzene rings is 2. The van der Waals surface area contributed by atoms with Gasteiger partial charge in [0.25, 0.3) is 5.69 Å². The molecular formula is C24H22Cl2N2O6. The third kappa shape index (κ3) is 5.08. The van der Waals surface area contributed by atoms with E-state index in [4.69, 9.17) is 32.7 Å². The minimum absolute atomic E-state index is 0.0794. The zero-order valence-corrected chi connectivity index (χ0v) is 20.2. The van der Waals surface area contributed by atoms with Crippen LogP contribution in [0.15, 0.2) is 59.3 Å². The van der Waals surface area contributed by atoms with Gasteiger partial charge in [-0.25, -0.2) is 9.59 Å². The fourth-order valence-corrected chi connectivity index (χ4v) is 4.06. The summed E-state index contributed by atoms with van der Waals surface area (Å²) in [6.07, 6.45) is 0. The number of non-ortho nitro benzene ring substituents is 1. The van der Waals surface area contributed by atoms with Crippen molar-refractivity contribution in [3.05, 3.63) is 90.6 Å². The van der Waals surface area contributed by atoms with E-state index in [2.05, 4.69) is 5.32 Å². The maximum Gasteiger partial charge on any atom is 0.337 e. The SMILES string of the molecule is CCOC(=O)C1=C(C)NC(c2ccc(Cl)c(Cl)c2)=C(C(=O)OCC)C1c1cccc([N+](=O)[O-])c1. The summed E-state index contributed by atoms with van der Waals surface area (Å²) in [7, 11) is 0. The molecule has 1 aliphatic heterocycles. The molecule has 1 heterocycles. The molecule has 0 aliphatic carbocycles. The van der Waals surface area contributed by atoms with Crippen LogP contribution in [0.1, 0.15) is 37.8 Å². The Morgan fingerprint density at radius 2 is 1.65 bits per heavy atom. The second kappa shape index (κ2) is 10.7. The van der Waals surface area contributed by atoms with Crippen LogP contribution in [-0.4, -0.2) is 30.1 Å². The van der Waals surface area contributed by atoms with E-state index >= 15 is 0 Å². The lowest BCUT2D eigenvalue weighted by Crippen LogP contribution is -2.32.